The lowest BCUT2D eigenvalue weighted by molar-refractivity contribution is -0.384. The number of aromatic nitrogens is 2. The minimum atomic E-state index is -0.412. The number of nitro benzene ring substituents is 1. The molecular formula is C14H15BrClN3O2. The summed E-state index contributed by atoms with van der Waals surface area (Å²) in [5.41, 5.74) is 3.96. The normalized spacial score (nSPS) is 12.4. The maximum absolute atomic E-state index is 10.8. The zero-order valence-electron chi connectivity index (χ0n) is 11.9. The fourth-order valence-corrected chi connectivity index (χ4v) is 3.19. The Morgan fingerprint density at radius 1 is 1.48 bits per heavy atom. The highest BCUT2D eigenvalue weighted by Gasteiger charge is 2.17. The molecule has 0 amide bonds. The molecule has 0 aliphatic rings. The van der Waals surface area contributed by atoms with Gasteiger partial charge in [-0.2, -0.15) is 5.10 Å². The number of rotatable bonds is 4. The quantitative estimate of drug-likeness (QED) is 0.450. The zero-order chi connectivity index (χ0) is 15.7. The van der Waals surface area contributed by atoms with Crippen LogP contribution in [0.5, 0.6) is 0 Å². The second-order valence-electron chi connectivity index (χ2n) is 4.89. The minimum Gasteiger partial charge on any atom is -0.265 e. The lowest BCUT2D eigenvalue weighted by Gasteiger charge is -2.08. The lowest BCUT2D eigenvalue weighted by Crippen LogP contribution is -2.05. The summed E-state index contributed by atoms with van der Waals surface area (Å²) in [6.45, 7) is 6.37. The van der Waals surface area contributed by atoms with Crippen LogP contribution in [-0.2, 0) is 6.54 Å². The number of nitro groups is 1. The van der Waals surface area contributed by atoms with E-state index in [0.29, 0.717) is 11.0 Å². The highest BCUT2D eigenvalue weighted by molar-refractivity contribution is 9.10. The summed E-state index contributed by atoms with van der Waals surface area (Å²) in [6, 6.07) is 4.74. The molecule has 1 unspecified atom stereocenters. The SMILES string of the molecule is Cc1nn(Cc2ccc([N+](=O)[O-])cc2Br)c(C)c1C(C)Cl. The van der Waals surface area contributed by atoms with Crippen LogP contribution in [0.15, 0.2) is 22.7 Å². The van der Waals surface area contributed by atoms with Crippen LogP contribution in [0.25, 0.3) is 0 Å². The largest absolute Gasteiger partial charge is 0.270 e. The van der Waals surface area contributed by atoms with E-state index in [1.54, 1.807) is 6.07 Å². The van der Waals surface area contributed by atoms with Gasteiger partial charge in [0.25, 0.3) is 5.69 Å². The summed E-state index contributed by atoms with van der Waals surface area (Å²) in [5, 5.41) is 15.2. The first-order chi connectivity index (χ1) is 9.81. The average molecular weight is 373 g/mol. The van der Waals surface area contributed by atoms with Gasteiger partial charge in [-0.3, -0.25) is 14.8 Å². The first-order valence-corrected chi connectivity index (χ1v) is 7.65. The zero-order valence-corrected chi connectivity index (χ0v) is 14.3. The Bertz CT molecular complexity index is 698. The van der Waals surface area contributed by atoms with Gasteiger partial charge in [0.2, 0.25) is 0 Å². The molecule has 2 rings (SSSR count). The Kier molecular flexibility index (Phi) is 4.68. The second-order valence-corrected chi connectivity index (χ2v) is 6.40. The van der Waals surface area contributed by atoms with Crippen LogP contribution in [0.1, 0.15) is 34.8 Å². The van der Waals surface area contributed by atoms with Crippen molar-refractivity contribution in [2.45, 2.75) is 32.7 Å². The van der Waals surface area contributed by atoms with E-state index in [-0.39, 0.29) is 11.1 Å². The number of non-ortho nitro benzene ring substituents is 1. The maximum atomic E-state index is 10.8. The highest BCUT2D eigenvalue weighted by Crippen LogP contribution is 2.28. The highest BCUT2D eigenvalue weighted by atomic mass is 79.9. The van der Waals surface area contributed by atoms with E-state index in [4.69, 9.17) is 11.6 Å². The van der Waals surface area contributed by atoms with E-state index in [0.717, 1.165) is 22.5 Å². The average Bonchev–Trinajstić information content (AvgIpc) is 2.66. The fraction of sp³-hybridized carbons (Fsp3) is 0.357. The minimum absolute atomic E-state index is 0.0639. The van der Waals surface area contributed by atoms with Gasteiger partial charge in [0.1, 0.15) is 0 Å². The molecule has 7 heteroatoms. The first-order valence-electron chi connectivity index (χ1n) is 6.42. The van der Waals surface area contributed by atoms with Gasteiger partial charge >= 0.3 is 0 Å². The Hall–Kier alpha value is -1.40. The fourth-order valence-electron chi connectivity index (χ4n) is 2.38. The van der Waals surface area contributed by atoms with E-state index < -0.39 is 4.92 Å². The third kappa shape index (κ3) is 3.27. The topological polar surface area (TPSA) is 61.0 Å². The summed E-state index contributed by atoms with van der Waals surface area (Å²) in [5.74, 6) is 0. The smallest absolute Gasteiger partial charge is 0.265 e. The van der Waals surface area contributed by atoms with Crippen molar-refractivity contribution in [1.29, 1.82) is 0 Å². The summed E-state index contributed by atoms with van der Waals surface area (Å²) in [7, 11) is 0. The molecule has 0 saturated heterocycles. The van der Waals surface area contributed by atoms with Gasteiger partial charge < -0.3 is 0 Å². The molecule has 1 aromatic carbocycles. The van der Waals surface area contributed by atoms with Crippen molar-refractivity contribution in [1.82, 2.24) is 9.78 Å². The monoisotopic (exact) mass is 371 g/mol. The molecule has 112 valence electrons. The van der Waals surface area contributed by atoms with E-state index in [2.05, 4.69) is 21.0 Å². The third-order valence-electron chi connectivity index (χ3n) is 3.40. The van der Waals surface area contributed by atoms with Crippen LogP contribution in [-0.4, -0.2) is 14.7 Å². The predicted molar refractivity (Wildman–Crippen MR) is 85.9 cm³/mol. The van der Waals surface area contributed by atoms with Crippen LogP contribution in [0.2, 0.25) is 0 Å². The molecule has 0 aliphatic carbocycles. The van der Waals surface area contributed by atoms with Crippen LogP contribution >= 0.6 is 27.5 Å². The molecule has 0 aliphatic heterocycles. The van der Waals surface area contributed by atoms with E-state index in [1.807, 2.05) is 25.5 Å². The molecular weight excluding hydrogens is 358 g/mol. The van der Waals surface area contributed by atoms with Crippen LogP contribution < -0.4 is 0 Å². The van der Waals surface area contributed by atoms with Gasteiger partial charge in [-0.25, -0.2) is 0 Å². The molecule has 1 heterocycles. The third-order valence-corrected chi connectivity index (χ3v) is 4.36. The maximum Gasteiger partial charge on any atom is 0.270 e. The van der Waals surface area contributed by atoms with Crippen molar-refractivity contribution < 1.29 is 4.92 Å². The summed E-state index contributed by atoms with van der Waals surface area (Å²) in [6.07, 6.45) is 0. The van der Waals surface area contributed by atoms with Crippen molar-refractivity contribution in [3.8, 4) is 0 Å². The molecule has 0 saturated carbocycles. The standard InChI is InChI=1S/C14H15BrClN3O2/c1-8(16)14-9(2)17-18(10(14)3)7-11-4-5-12(19(20)21)6-13(11)15/h4-6,8H,7H2,1-3H3. The van der Waals surface area contributed by atoms with Gasteiger partial charge in [-0.05, 0) is 32.4 Å². The Morgan fingerprint density at radius 3 is 2.62 bits per heavy atom. The lowest BCUT2D eigenvalue weighted by atomic mass is 10.1. The number of aryl methyl sites for hydroxylation is 1. The van der Waals surface area contributed by atoms with Gasteiger partial charge in [-0.15, -0.1) is 11.6 Å². The van der Waals surface area contributed by atoms with E-state index in [9.17, 15) is 10.1 Å². The molecule has 21 heavy (non-hydrogen) atoms. The Balaban J connectivity index is 2.35. The second kappa shape index (κ2) is 6.15. The van der Waals surface area contributed by atoms with Gasteiger partial charge in [-0.1, -0.05) is 15.9 Å². The van der Waals surface area contributed by atoms with Crippen molar-refractivity contribution in [3.63, 3.8) is 0 Å². The number of halogens is 2. The summed E-state index contributed by atoms with van der Waals surface area (Å²) < 4.78 is 2.57. The molecule has 0 N–H and O–H groups in total. The molecule has 0 fully saturated rings. The van der Waals surface area contributed by atoms with Gasteiger partial charge in [0, 0.05) is 27.9 Å². The van der Waals surface area contributed by atoms with Gasteiger partial charge in [0.15, 0.2) is 0 Å². The molecule has 0 bridgehead atoms. The first kappa shape index (κ1) is 16.0. The summed E-state index contributed by atoms with van der Waals surface area (Å²) in [4.78, 5) is 10.3. The molecule has 2 aromatic rings. The van der Waals surface area contributed by atoms with Crippen molar-refractivity contribution >= 4 is 33.2 Å². The molecule has 1 aromatic heterocycles. The van der Waals surface area contributed by atoms with Crippen LogP contribution in [0, 0.1) is 24.0 Å². The number of alkyl halides is 1. The van der Waals surface area contributed by atoms with Crippen molar-refractivity contribution in [2.24, 2.45) is 0 Å². The number of benzene rings is 1. The Morgan fingerprint density at radius 2 is 2.14 bits per heavy atom. The Labute approximate surface area is 136 Å². The summed E-state index contributed by atoms with van der Waals surface area (Å²) >= 11 is 9.56. The van der Waals surface area contributed by atoms with Crippen LogP contribution in [0.4, 0.5) is 5.69 Å². The van der Waals surface area contributed by atoms with E-state index in [1.165, 1.54) is 12.1 Å². The van der Waals surface area contributed by atoms with Gasteiger partial charge in [0.05, 0.1) is 22.5 Å². The molecule has 1 atom stereocenters. The molecule has 0 spiro atoms. The van der Waals surface area contributed by atoms with Crippen LogP contribution in [0.3, 0.4) is 0 Å². The van der Waals surface area contributed by atoms with E-state index >= 15 is 0 Å². The number of hydrogen-bond donors (Lipinski definition) is 0. The van der Waals surface area contributed by atoms with Crippen molar-refractivity contribution in [3.05, 3.63) is 55.3 Å². The number of nitrogens with zero attached hydrogens (tertiary/aromatic N) is 3. The predicted octanol–water partition coefficient (Wildman–Crippen LogP) is 4.52. The molecule has 5 nitrogen and oxygen atoms in total. The number of hydrogen-bond acceptors (Lipinski definition) is 3. The van der Waals surface area contributed by atoms with Crippen molar-refractivity contribution in [2.75, 3.05) is 0 Å². The molecule has 0 radical (unpaired) electrons.